The van der Waals surface area contributed by atoms with Gasteiger partial charge < -0.3 is 10.6 Å². The Morgan fingerprint density at radius 2 is 2.06 bits per heavy atom. The first kappa shape index (κ1) is 13.1. The lowest BCUT2D eigenvalue weighted by Crippen LogP contribution is -2.54. The van der Waals surface area contributed by atoms with Crippen molar-refractivity contribution in [2.24, 2.45) is 16.7 Å². The van der Waals surface area contributed by atoms with Crippen LogP contribution in [0.4, 0.5) is 0 Å². The van der Waals surface area contributed by atoms with E-state index in [0.29, 0.717) is 16.9 Å². The fourth-order valence-corrected chi connectivity index (χ4v) is 4.30. The molecule has 0 saturated heterocycles. The summed E-state index contributed by atoms with van der Waals surface area (Å²) in [5, 5.41) is 7.74. The van der Waals surface area contributed by atoms with Gasteiger partial charge in [0.1, 0.15) is 0 Å². The van der Waals surface area contributed by atoms with Gasteiger partial charge in [0.25, 0.3) is 0 Å². The van der Waals surface area contributed by atoms with Crippen molar-refractivity contribution in [3.63, 3.8) is 0 Å². The van der Waals surface area contributed by atoms with E-state index >= 15 is 0 Å². The summed E-state index contributed by atoms with van der Waals surface area (Å²) in [5.74, 6) is 0.874. The zero-order chi connectivity index (χ0) is 12.7. The molecule has 0 aromatic carbocycles. The SMILES string of the molecule is CCCNC(=S)NC1C2(C)CCC(C2)C1(C)C. The summed E-state index contributed by atoms with van der Waals surface area (Å²) in [7, 11) is 0. The van der Waals surface area contributed by atoms with E-state index in [-0.39, 0.29) is 0 Å². The van der Waals surface area contributed by atoms with Crippen LogP contribution < -0.4 is 10.6 Å². The molecule has 2 aliphatic rings. The van der Waals surface area contributed by atoms with E-state index in [4.69, 9.17) is 12.2 Å². The molecule has 0 aliphatic heterocycles. The largest absolute Gasteiger partial charge is 0.363 e. The third-order valence-electron chi connectivity index (χ3n) is 5.08. The molecule has 2 nitrogen and oxygen atoms in total. The fraction of sp³-hybridized carbons (Fsp3) is 0.929. The van der Waals surface area contributed by atoms with Gasteiger partial charge in [-0.1, -0.05) is 27.7 Å². The molecule has 2 fully saturated rings. The minimum absolute atomic E-state index is 0.380. The highest BCUT2D eigenvalue weighted by Crippen LogP contribution is 2.62. The van der Waals surface area contributed by atoms with E-state index in [1.54, 1.807) is 0 Å². The Labute approximate surface area is 111 Å². The van der Waals surface area contributed by atoms with Crippen LogP contribution in [0.25, 0.3) is 0 Å². The summed E-state index contributed by atoms with van der Waals surface area (Å²) < 4.78 is 0. The minimum Gasteiger partial charge on any atom is -0.363 e. The molecule has 0 heterocycles. The van der Waals surface area contributed by atoms with Gasteiger partial charge in [0, 0.05) is 12.6 Å². The third-order valence-corrected chi connectivity index (χ3v) is 5.34. The van der Waals surface area contributed by atoms with Crippen LogP contribution in [0, 0.1) is 16.7 Å². The van der Waals surface area contributed by atoms with Crippen LogP contribution in [-0.4, -0.2) is 17.7 Å². The van der Waals surface area contributed by atoms with Crippen molar-refractivity contribution < 1.29 is 0 Å². The van der Waals surface area contributed by atoms with Crippen molar-refractivity contribution in [3.05, 3.63) is 0 Å². The molecule has 2 aliphatic carbocycles. The van der Waals surface area contributed by atoms with E-state index in [9.17, 15) is 0 Å². The topological polar surface area (TPSA) is 24.1 Å². The Morgan fingerprint density at radius 3 is 2.59 bits per heavy atom. The van der Waals surface area contributed by atoms with Gasteiger partial charge in [-0.2, -0.15) is 0 Å². The normalized spacial score (nSPS) is 38.1. The fourth-order valence-electron chi connectivity index (χ4n) is 4.08. The number of hydrogen-bond acceptors (Lipinski definition) is 1. The Morgan fingerprint density at radius 1 is 1.35 bits per heavy atom. The molecule has 98 valence electrons. The maximum atomic E-state index is 5.40. The summed E-state index contributed by atoms with van der Waals surface area (Å²) in [6.07, 6.45) is 5.25. The smallest absolute Gasteiger partial charge is 0.166 e. The number of fused-ring (bicyclic) bond motifs is 2. The molecule has 3 atom stereocenters. The Hall–Kier alpha value is -0.310. The molecule has 0 aromatic rings. The molecule has 2 N–H and O–H groups in total. The zero-order valence-electron chi connectivity index (χ0n) is 11.6. The molecule has 0 aromatic heterocycles. The molecular formula is C14H26N2S. The second-order valence-electron chi connectivity index (χ2n) is 6.75. The number of nitrogens with one attached hydrogen (secondary N) is 2. The number of hydrogen-bond donors (Lipinski definition) is 2. The van der Waals surface area contributed by atoms with E-state index < -0.39 is 0 Å². The van der Waals surface area contributed by atoms with Crippen molar-refractivity contribution in [2.75, 3.05) is 6.54 Å². The highest BCUT2D eigenvalue weighted by atomic mass is 32.1. The van der Waals surface area contributed by atoms with Gasteiger partial charge in [0.2, 0.25) is 0 Å². The van der Waals surface area contributed by atoms with Gasteiger partial charge in [-0.15, -0.1) is 0 Å². The molecule has 2 bridgehead atoms. The highest BCUT2D eigenvalue weighted by molar-refractivity contribution is 7.80. The molecule has 17 heavy (non-hydrogen) atoms. The molecule has 3 unspecified atom stereocenters. The van der Waals surface area contributed by atoms with Gasteiger partial charge in [-0.25, -0.2) is 0 Å². The lowest BCUT2D eigenvalue weighted by Gasteiger charge is -2.43. The second kappa shape index (κ2) is 4.42. The van der Waals surface area contributed by atoms with Crippen LogP contribution in [0.5, 0.6) is 0 Å². The van der Waals surface area contributed by atoms with Crippen LogP contribution >= 0.6 is 12.2 Å². The van der Waals surface area contributed by atoms with Crippen molar-refractivity contribution in [1.82, 2.24) is 10.6 Å². The predicted molar refractivity (Wildman–Crippen MR) is 77.0 cm³/mol. The van der Waals surface area contributed by atoms with Crippen molar-refractivity contribution in [1.29, 1.82) is 0 Å². The van der Waals surface area contributed by atoms with Crippen LogP contribution in [0.1, 0.15) is 53.4 Å². The van der Waals surface area contributed by atoms with Crippen molar-refractivity contribution >= 4 is 17.3 Å². The zero-order valence-corrected chi connectivity index (χ0v) is 12.4. The molecule has 0 radical (unpaired) electrons. The summed E-state index contributed by atoms with van der Waals surface area (Å²) in [6.45, 7) is 10.4. The van der Waals surface area contributed by atoms with Gasteiger partial charge in [0.15, 0.2) is 5.11 Å². The lowest BCUT2D eigenvalue weighted by molar-refractivity contribution is 0.125. The molecule has 0 spiro atoms. The monoisotopic (exact) mass is 254 g/mol. The van der Waals surface area contributed by atoms with Gasteiger partial charge in [-0.05, 0) is 54.6 Å². The molecule has 2 saturated carbocycles. The average molecular weight is 254 g/mol. The number of thiocarbonyl (C=S) groups is 1. The maximum absolute atomic E-state index is 5.40. The molecule has 3 heteroatoms. The van der Waals surface area contributed by atoms with E-state index in [1.807, 2.05) is 0 Å². The summed E-state index contributed by atoms with van der Waals surface area (Å²) in [5.41, 5.74) is 0.830. The maximum Gasteiger partial charge on any atom is 0.166 e. The first-order chi connectivity index (χ1) is 7.90. The van der Waals surface area contributed by atoms with Gasteiger partial charge >= 0.3 is 0 Å². The highest BCUT2D eigenvalue weighted by Gasteiger charge is 2.59. The summed E-state index contributed by atoms with van der Waals surface area (Å²) in [6, 6.07) is 0.533. The van der Waals surface area contributed by atoms with Crippen LogP contribution in [0.15, 0.2) is 0 Å². The van der Waals surface area contributed by atoms with Crippen LogP contribution in [-0.2, 0) is 0 Å². The lowest BCUT2D eigenvalue weighted by atomic mass is 9.68. The number of rotatable bonds is 3. The first-order valence-electron chi connectivity index (χ1n) is 6.94. The minimum atomic E-state index is 0.380. The van der Waals surface area contributed by atoms with E-state index in [0.717, 1.165) is 24.0 Å². The van der Waals surface area contributed by atoms with Crippen LogP contribution in [0.2, 0.25) is 0 Å². The summed E-state index contributed by atoms with van der Waals surface area (Å²) in [4.78, 5) is 0. The summed E-state index contributed by atoms with van der Waals surface area (Å²) >= 11 is 5.40. The van der Waals surface area contributed by atoms with Crippen molar-refractivity contribution in [3.8, 4) is 0 Å². The third kappa shape index (κ3) is 2.18. The Balaban J connectivity index is 2.02. The predicted octanol–water partition coefficient (Wildman–Crippen LogP) is 3.08. The average Bonchev–Trinajstić information content (AvgIpc) is 2.73. The van der Waals surface area contributed by atoms with Gasteiger partial charge in [0.05, 0.1) is 0 Å². The quantitative estimate of drug-likeness (QED) is 0.757. The standard InChI is InChI=1S/C14H26N2S/c1-5-8-15-12(17)16-11-13(2,3)10-6-7-14(11,4)9-10/h10-11H,5-9H2,1-4H3,(H2,15,16,17). The van der Waals surface area contributed by atoms with Gasteiger partial charge in [-0.3, -0.25) is 0 Å². The first-order valence-corrected chi connectivity index (χ1v) is 7.35. The second-order valence-corrected chi connectivity index (χ2v) is 7.16. The Bertz CT molecular complexity index is 309. The molecule has 0 amide bonds. The van der Waals surface area contributed by atoms with Crippen molar-refractivity contribution in [2.45, 2.75) is 59.4 Å². The van der Waals surface area contributed by atoms with Crippen LogP contribution in [0.3, 0.4) is 0 Å². The molecular weight excluding hydrogens is 228 g/mol. The Kier molecular flexibility index (Phi) is 3.41. The van der Waals surface area contributed by atoms with E-state index in [1.165, 1.54) is 19.3 Å². The van der Waals surface area contributed by atoms with E-state index in [2.05, 4.69) is 38.3 Å². The molecule has 2 rings (SSSR count).